The van der Waals surface area contributed by atoms with E-state index in [1.165, 1.54) is 0 Å². The second kappa shape index (κ2) is 7.36. The number of carbonyl (C=O) groups is 1. The van der Waals surface area contributed by atoms with E-state index in [2.05, 4.69) is 10.2 Å². The van der Waals surface area contributed by atoms with E-state index in [0.29, 0.717) is 6.42 Å². The lowest BCUT2D eigenvalue weighted by atomic mass is 9.94. The fourth-order valence-corrected chi connectivity index (χ4v) is 3.56. The van der Waals surface area contributed by atoms with Crippen molar-refractivity contribution in [2.75, 3.05) is 31.1 Å². The van der Waals surface area contributed by atoms with Crippen LogP contribution in [0.15, 0.2) is 0 Å². The van der Waals surface area contributed by atoms with E-state index in [4.69, 9.17) is 0 Å². The summed E-state index contributed by atoms with van der Waals surface area (Å²) in [4.78, 5) is 13.6. The molecule has 1 aliphatic heterocycles. The normalized spacial score (nSPS) is 21.5. The van der Waals surface area contributed by atoms with Gasteiger partial charge in [0.25, 0.3) is 0 Å². The molecule has 0 aromatic heterocycles. The van der Waals surface area contributed by atoms with Crippen molar-refractivity contribution in [3.05, 3.63) is 0 Å². The Labute approximate surface area is 118 Å². The molecule has 1 unspecified atom stereocenters. The number of aliphatic carboxylic acids is 1. The lowest BCUT2D eigenvalue weighted by Gasteiger charge is -2.31. The molecule has 1 atom stereocenters. The lowest BCUT2D eigenvalue weighted by Crippen LogP contribution is -2.52. The maximum absolute atomic E-state index is 11.4. The second-order valence-electron chi connectivity index (χ2n) is 5.73. The van der Waals surface area contributed by atoms with Crippen molar-refractivity contribution in [3.8, 4) is 0 Å². The van der Waals surface area contributed by atoms with Crippen molar-refractivity contribution in [1.82, 2.24) is 10.2 Å². The van der Waals surface area contributed by atoms with E-state index < -0.39 is 22.3 Å². The molecule has 0 aromatic carbocycles. The number of rotatable bonds is 7. The third-order valence-electron chi connectivity index (χ3n) is 3.50. The maximum atomic E-state index is 11.4. The topological polar surface area (TPSA) is 69.6 Å². The van der Waals surface area contributed by atoms with Gasteiger partial charge in [-0.15, -0.1) is 0 Å². The summed E-state index contributed by atoms with van der Waals surface area (Å²) in [5, 5.41) is 12.5. The van der Waals surface area contributed by atoms with Gasteiger partial charge in [-0.2, -0.15) is 0 Å². The fraction of sp³-hybridized carbons (Fsp3) is 0.923. The van der Waals surface area contributed by atoms with Crippen molar-refractivity contribution < 1.29 is 14.1 Å². The van der Waals surface area contributed by atoms with Crippen LogP contribution >= 0.6 is 0 Å². The Morgan fingerprint density at radius 1 is 1.42 bits per heavy atom. The van der Waals surface area contributed by atoms with Crippen LogP contribution in [0.4, 0.5) is 0 Å². The van der Waals surface area contributed by atoms with E-state index in [1.807, 2.05) is 13.8 Å². The van der Waals surface area contributed by atoms with Crippen LogP contribution < -0.4 is 5.32 Å². The predicted octanol–water partition coefficient (Wildman–Crippen LogP) is 0.672. The molecular formula is C13H26N2O3S. The van der Waals surface area contributed by atoms with Crippen LogP contribution in [-0.2, 0) is 15.6 Å². The minimum atomic E-state index is -0.854. The Morgan fingerprint density at radius 3 is 2.47 bits per heavy atom. The highest BCUT2D eigenvalue weighted by Crippen LogP contribution is 2.15. The fourth-order valence-electron chi connectivity index (χ4n) is 2.43. The highest BCUT2D eigenvalue weighted by Gasteiger charge is 2.33. The van der Waals surface area contributed by atoms with Crippen LogP contribution in [0.25, 0.3) is 0 Å². The Balaban J connectivity index is 2.36. The number of nitrogens with one attached hydrogen (secondary N) is 1. The first-order valence-corrected chi connectivity index (χ1v) is 8.41. The second-order valence-corrected chi connectivity index (χ2v) is 7.43. The molecule has 0 aromatic rings. The number of carboxylic acid groups (broad SMARTS) is 1. The van der Waals surface area contributed by atoms with Gasteiger partial charge in [-0.1, -0.05) is 0 Å². The molecule has 2 N–H and O–H groups in total. The molecular weight excluding hydrogens is 264 g/mol. The Bertz CT molecular complexity index is 326. The first-order chi connectivity index (χ1) is 8.83. The largest absolute Gasteiger partial charge is 0.480 e. The molecule has 1 heterocycles. The lowest BCUT2D eigenvalue weighted by molar-refractivity contribution is -0.144. The molecule has 1 aliphatic rings. The molecule has 0 amide bonds. The number of nitrogens with zero attached hydrogens (tertiary/aromatic N) is 1. The van der Waals surface area contributed by atoms with Gasteiger partial charge in [-0.25, -0.2) is 0 Å². The van der Waals surface area contributed by atoms with Crippen LogP contribution in [0.1, 0.15) is 33.6 Å². The first-order valence-electron chi connectivity index (χ1n) is 6.92. The van der Waals surface area contributed by atoms with Crippen molar-refractivity contribution in [2.24, 2.45) is 0 Å². The SMILES string of the molecule is CC(C)NC(C)(CCCN1CCS(=O)CC1)C(=O)O. The molecule has 0 spiro atoms. The Kier molecular flexibility index (Phi) is 6.42. The average Bonchev–Trinajstić information content (AvgIpc) is 2.30. The summed E-state index contributed by atoms with van der Waals surface area (Å²) in [6, 6.07) is 0.151. The van der Waals surface area contributed by atoms with Crippen LogP contribution in [0.5, 0.6) is 0 Å². The van der Waals surface area contributed by atoms with Gasteiger partial charge in [0.1, 0.15) is 5.54 Å². The molecule has 1 saturated heterocycles. The highest BCUT2D eigenvalue weighted by atomic mass is 32.2. The smallest absolute Gasteiger partial charge is 0.323 e. The molecule has 1 fully saturated rings. The molecule has 112 valence electrons. The van der Waals surface area contributed by atoms with E-state index in [9.17, 15) is 14.1 Å². The van der Waals surface area contributed by atoms with Gasteiger partial charge in [0.2, 0.25) is 0 Å². The summed E-state index contributed by atoms with van der Waals surface area (Å²) in [6.45, 7) is 8.30. The zero-order valence-corrected chi connectivity index (χ0v) is 13.0. The molecule has 19 heavy (non-hydrogen) atoms. The standard InChI is InChI=1S/C13H26N2O3S/c1-11(2)14-13(3,12(16)17)5-4-6-15-7-9-19(18)10-8-15/h11,14H,4-10H2,1-3H3,(H,16,17). The summed E-state index contributed by atoms with van der Waals surface area (Å²) in [7, 11) is -0.647. The van der Waals surface area contributed by atoms with Gasteiger partial charge >= 0.3 is 5.97 Å². The number of hydrogen-bond acceptors (Lipinski definition) is 4. The molecule has 1 rings (SSSR count). The zero-order valence-electron chi connectivity index (χ0n) is 12.1. The van der Waals surface area contributed by atoms with E-state index in [-0.39, 0.29) is 6.04 Å². The van der Waals surface area contributed by atoms with Gasteiger partial charge in [0, 0.05) is 41.4 Å². The van der Waals surface area contributed by atoms with Crippen LogP contribution in [0.2, 0.25) is 0 Å². The van der Waals surface area contributed by atoms with Gasteiger partial charge in [0.15, 0.2) is 0 Å². The van der Waals surface area contributed by atoms with Gasteiger partial charge in [0.05, 0.1) is 0 Å². The van der Waals surface area contributed by atoms with Crippen molar-refractivity contribution in [2.45, 2.75) is 45.2 Å². The molecule has 0 bridgehead atoms. The number of carboxylic acids is 1. The average molecular weight is 290 g/mol. The molecule has 0 saturated carbocycles. The summed E-state index contributed by atoms with van der Waals surface area (Å²) in [6.07, 6.45) is 1.45. The quantitative estimate of drug-likeness (QED) is 0.721. The summed E-state index contributed by atoms with van der Waals surface area (Å²) >= 11 is 0. The van der Waals surface area contributed by atoms with Crippen LogP contribution in [-0.4, -0.2) is 62.9 Å². The van der Waals surface area contributed by atoms with Crippen molar-refractivity contribution in [3.63, 3.8) is 0 Å². The van der Waals surface area contributed by atoms with E-state index in [1.54, 1.807) is 6.92 Å². The third kappa shape index (κ3) is 5.58. The third-order valence-corrected chi connectivity index (χ3v) is 4.78. The van der Waals surface area contributed by atoms with Gasteiger partial charge in [-0.3, -0.25) is 14.3 Å². The highest BCUT2D eigenvalue weighted by molar-refractivity contribution is 7.85. The maximum Gasteiger partial charge on any atom is 0.323 e. The Hall–Kier alpha value is -0.460. The Morgan fingerprint density at radius 2 is 2.00 bits per heavy atom. The van der Waals surface area contributed by atoms with Crippen LogP contribution in [0, 0.1) is 0 Å². The first kappa shape index (κ1) is 16.6. The molecule has 5 nitrogen and oxygen atoms in total. The number of hydrogen-bond donors (Lipinski definition) is 2. The molecule has 0 radical (unpaired) electrons. The van der Waals surface area contributed by atoms with Gasteiger partial charge in [-0.05, 0) is 40.2 Å². The summed E-state index contributed by atoms with van der Waals surface area (Å²) in [5.74, 6) is 0.710. The minimum Gasteiger partial charge on any atom is -0.480 e. The van der Waals surface area contributed by atoms with Gasteiger partial charge < -0.3 is 10.0 Å². The minimum absolute atomic E-state index is 0.151. The van der Waals surface area contributed by atoms with Crippen molar-refractivity contribution >= 4 is 16.8 Å². The zero-order chi connectivity index (χ0) is 14.5. The van der Waals surface area contributed by atoms with E-state index in [0.717, 1.165) is 37.6 Å². The van der Waals surface area contributed by atoms with Crippen LogP contribution in [0.3, 0.4) is 0 Å². The predicted molar refractivity (Wildman–Crippen MR) is 77.9 cm³/mol. The monoisotopic (exact) mass is 290 g/mol. The van der Waals surface area contributed by atoms with Crippen molar-refractivity contribution in [1.29, 1.82) is 0 Å². The molecule has 0 aliphatic carbocycles. The summed E-state index contributed by atoms with van der Waals surface area (Å²) < 4.78 is 11.2. The summed E-state index contributed by atoms with van der Waals surface area (Å²) in [5.41, 5.74) is -0.854. The van der Waals surface area contributed by atoms with E-state index >= 15 is 0 Å². The molecule has 6 heteroatoms.